The number of halogens is 4. The van der Waals surface area contributed by atoms with Crippen LogP contribution in [0, 0.1) is 17.5 Å². The van der Waals surface area contributed by atoms with Gasteiger partial charge >= 0.3 is 0 Å². The highest BCUT2D eigenvalue weighted by Crippen LogP contribution is 2.25. The maximum absolute atomic E-state index is 13.4. The van der Waals surface area contributed by atoms with Crippen LogP contribution in [-0.2, 0) is 0 Å². The van der Waals surface area contributed by atoms with Gasteiger partial charge in [-0.1, -0.05) is 0 Å². The van der Waals surface area contributed by atoms with E-state index in [-0.39, 0.29) is 18.0 Å². The Balaban J connectivity index is 0.00000144. The summed E-state index contributed by atoms with van der Waals surface area (Å²) in [5, 5.41) is 3.53. The van der Waals surface area contributed by atoms with E-state index < -0.39 is 23.5 Å². The van der Waals surface area contributed by atoms with Gasteiger partial charge in [-0.15, -0.1) is 12.4 Å². The summed E-state index contributed by atoms with van der Waals surface area (Å²) in [7, 11) is 0. The fourth-order valence-corrected chi connectivity index (χ4v) is 2.10. The molecule has 1 nitrogen and oxygen atoms in total. The molecule has 0 aliphatic carbocycles. The van der Waals surface area contributed by atoms with Crippen molar-refractivity contribution in [3.05, 3.63) is 57.5 Å². The van der Waals surface area contributed by atoms with Crippen molar-refractivity contribution in [2.24, 2.45) is 5.73 Å². The summed E-state index contributed by atoms with van der Waals surface area (Å²) in [5.74, 6) is -3.14. The van der Waals surface area contributed by atoms with Crippen LogP contribution >= 0.6 is 23.7 Å². The molecule has 1 aromatic carbocycles. The van der Waals surface area contributed by atoms with E-state index in [4.69, 9.17) is 5.73 Å². The molecule has 0 radical (unpaired) electrons. The fourth-order valence-electron chi connectivity index (χ4n) is 1.41. The minimum absolute atomic E-state index is 0. The lowest BCUT2D eigenvalue weighted by atomic mass is 10.0. The smallest absolute Gasteiger partial charge is 0.161 e. The van der Waals surface area contributed by atoms with Gasteiger partial charge in [0.1, 0.15) is 5.82 Å². The van der Waals surface area contributed by atoms with Crippen molar-refractivity contribution in [3.63, 3.8) is 0 Å². The number of rotatable bonds is 2. The molecule has 0 spiro atoms. The minimum Gasteiger partial charge on any atom is -0.320 e. The Morgan fingerprint density at radius 3 is 2.29 bits per heavy atom. The first-order valence-electron chi connectivity index (χ1n) is 4.51. The summed E-state index contributed by atoms with van der Waals surface area (Å²) in [6, 6.07) is 2.25. The van der Waals surface area contributed by atoms with E-state index in [1.807, 2.05) is 0 Å². The van der Waals surface area contributed by atoms with Gasteiger partial charge in [0.15, 0.2) is 11.6 Å². The van der Waals surface area contributed by atoms with Crippen LogP contribution < -0.4 is 5.73 Å². The predicted octanol–water partition coefficient (Wildman–Crippen LogP) is 3.64. The molecule has 2 N–H and O–H groups in total. The summed E-state index contributed by atoms with van der Waals surface area (Å²) >= 11 is 1.41. The molecule has 0 saturated heterocycles. The van der Waals surface area contributed by atoms with Gasteiger partial charge < -0.3 is 5.73 Å². The van der Waals surface area contributed by atoms with Crippen LogP contribution in [0.4, 0.5) is 13.2 Å². The average molecular weight is 280 g/mol. The second-order valence-corrected chi connectivity index (χ2v) is 4.10. The molecular weight excluding hydrogens is 271 g/mol. The van der Waals surface area contributed by atoms with Crippen LogP contribution in [0.25, 0.3) is 0 Å². The molecule has 1 heterocycles. The van der Waals surface area contributed by atoms with Gasteiger partial charge in [-0.25, -0.2) is 13.2 Å². The topological polar surface area (TPSA) is 26.0 Å². The Hall–Kier alpha value is -1.04. The summed E-state index contributed by atoms with van der Waals surface area (Å²) in [4.78, 5) is 0. The first kappa shape index (κ1) is 14.0. The molecule has 1 aromatic heterocycles. The van der Waals surface area contributed by atoms with E-state index in [0.29, 0.717) is 11.6 Å². The lowest BCUT2D eigenvalue weighted by molar-refractivity contribution is 0.488. The maximum Gasteiger partial charge on any atom is 0.161 e. The minimum atomic E-state index is -1.21. The van der Waals surface area contributed by atoms with Crippen LogP contribution in [0.15, 0.2) is 29.0 Å². The molecule has 2 rings (SSSR count). The zero-order valence-corrected chi connectivity index (χ0v) is 10.1. The molecule has 92 valence electrons. The third kappa shape index (κ3) is 2.80. The van der Waals surface area contributed by atoms with Crippen molar-refractivity contribution < 1.29 is 13.2 Å². The standard InChI is InChI=1S/C11H8F3NS.ClH/c12-8-4-10(14)9(13)3-7(8)11(15)6-1-2-16-5-6;/h1-5,11H,15H2;1H/t11-;/m0./s1. The molecule has 2 aromatic rings. The number of nitrogens with two attached hydrogens (primary N) is 1. The molecule has 6 heteroatoms. The van der Waals surface area contributed by atoms with E-state index in [9.17, 15) is 13.2 Å². The number of hydrogen-bond donors (Lipinski definition) is 1. The SMILES string of the molecule is Cl.N[C@@H](c1ccsc1)c1cc(F)c(F)cc1F. The Morgan fingerprint density at radius 2 is 1.71 bits per heavy atom. The molecule has 0 bridgehead atoms. The Morgan fingerprint density at radius 1 is 1.06 bits per heavy atom. The van der Waals surface area contributed by atoms with Crippen LogP contribution in [-0.4, -0.2) is 0 Å². The normalized spacial score (nSPS) is 12.0. The van der Waals surface area contributed by atoms with Crippen molar-refractivity contribution in [2.75, 3.05) is 0 Å². The van der Waals surface area contributed by atoms with Gasteiger partial charge in [0.2, 0.25) is 0 Å². The van der Waals surface area contributed by atoms with Gasteiger partial charge in [0.25, 0.3) is 0 Å². The molecule has 0 amide bonds. The number of benzene rings is 1. The maximum atomic E-state index is 13.4. The zero-order valence-electron chi connectivity index (χ0n) is 8.49. The van der Waals surface area contributed by atoms with E-state index in [2.05, 4.69) is 0 Å². The summed E-state index contributed by atoms with van der Waals surface area (Å²) in [6.45, 7) is 0. The second-order valence-electron chi connectivity index (χ2n) is 3.32. The van der Waals surface area contributed by atoms with E-state index in [1.54, 1.807) is 16.8 Å². The third-order valence-corrected chi connectivity index (χ3v) is 2.98. The van der Waals surface area contributed by atoms with Gasteiger partial charge in [0.05, 0.1) is 6.04 Å². The lowest BCUT2D eigenvalue weighted by Crippen LogP contribution is -2.13. The van der Waals surface area contributed by atoms with E-state index in [0.717, 1.165) is 6.07 Å². The summed E-state index contributed by atoms with van der Waals surface area (Å²) in [5.41, 5.74) is 6.39. The first-order chi connectivity index (χ1) is 7.59. The highest BCUT2D eigenvalue weighted by Gasteiger charge is 2.17. The molecule has 17 heavy (non-hydrogen) atoms. The van der Waals surface area contributed by atoms with Crippen LogP contribution in [0.2, 0.25) is 0 Å². The second kappa shape index (κ2) is 5.53. The zero-order chi connectivity index (χ0) is 11.7. The fraction of sp³-hybridized carbons (Fsp3) is 0.0909. The number of thiophene rings is 1. The Kier molecular flexibility index (Phi) is 4.56. The molecule has 1 atom stereocenters. The van der Waals surface area contributed by atoms with Crippen LogP contribution in [0.5, 0.6) is 0 Å². The van der Waals surface area contributed by atoms with Crippen molar-refractivity contribution in [1.82, 2.24) is 0 Å². The average Bonchev–Trinajstić information content (AvgIpc) is 2.75. The molecule has 0 fully saturated rings. The highest BCUT2D eigenvalue weighted by atomic mass is 35.5. The van der Waals surface area contributed by atoms with Crippen LogP contribution in [0.3, 0.4) is 0 Å². The predicted molar refractivity (Wildman–Crippen MR) is 63.9 cm³/mol. The Labute approximate surface area is 106 Å². The van der Waals surface area contributed by atoms with Crippen molar-refractivity contribution in [1.29, 1.82) is 0 Å². The largest absolute Gasteiger partial charge is 0.320 e. The van der Waals surface area contributed by atoms with Gasteiger partial charge in [-0.3, -0.25) is 0 Å². The monoisotopic (exact) mass is 279 g/mol. The quantitative estimate of drug-likeness (QED) is 0.835. The highest BCUT2D eigenvalue weighted by molar-refractivity contribution is 7.08. The third-order valence-electron chi connectivity index (χ3n) is 2.28. The van der Waals surface area contributed by atoms with Crippen molar-refractivity contribution >= 4 is 23.7 Å². The molecule has 0 aliphatic heterocycles. The summed E-state index contributed by atoms with van der Waals surface area (Å²) in [6.07, 6.45) is 0. The van der Waals surface area contributed by atoms with Gasteiger partial charge in [-0.05, 0) is 28.5 Å². The summed E-state index contributed by atoms with van der Waals surface area (Å²) < 4.78 is 39.1. The molecule has 0 saturated carbocycles. The van der Waals surface area contributed by atoms with Gasteiger partial charge in [0, 0.05) is 11.6 Å². The lowest BCUT2D eigenvalue weighted by Gasteiger charge is -2.11. The molecular formula is C11H9ClF3NS. The van der Waals surface area contributed by atoms with Crippen LogP contribution in [0.1, 0.15) is 17.2 Å². The van der Waals surface area contributed by atoms with E-state index in [1.165, 1.54) is 11.3 Å². The number of hydrogen-bond acceptors (Lipinski definition) is 2. The Bertz CT molecular complexity index is 502. The van der Waals surface area contributed by atoms with Crippen molar-refractivity contribution in [3.8, 4) is 0 Å². The van der Waals surface area contributed by atoms with E-state index >= 15 is 0 Å². The molecule has 0 unspecified atom stereocenters. The van der Waals surface area contributed by atoms with Gasteiger partial charge in [-0.2, -0.15) is 11.3 Å². The van der Waals surface area contributed by atoms with Crippen molar-refractivity contribution in [2.45, 2.75) is 6.04 Å². The first-order valence-corrected chi connectivity index (χ1v) is 5.46. The molecule has 0 aliphatic rings.